The van der Waals surface area contributed by atoms with Crippen LogP contribution in [-0.4, -0.2) is 11.3 Å². The number of halogens is 1. The van der Waals surface area contributed by atoms with E-state index in [1.54, 1.807) is 24.3 Å². The van der Waals surface area contributed by atoms with Crippen LogP contribution in [0.5, 0.6) is 0 Å². The molecule has 0 bridgehead atoms. The van der Waals surface area contributed by atoms with Crippen molar-refractivity contribution >= 4 is 0 Å². The van der Waals surface area contributed by atoms with Crippen LogP contribution in [0.15, 0.2) is 30.3 Å². The van der Waals surface area contributed by atoms with Gasteiger partial charge in [-0.15, -0.1) is 0 Å². The summed E-state index contributed by atoms with van der Waals surface area (Å²) in [5.41, 5.74) is 0.627. The molecule has 0 spiro atoms. The van der Waals surface area contributed by atoms with Crippen molar-refractivity contribution < 1.29 is 9.50 Å². The molecule has 0 aliphatic rings. The maximum atomic E-state index is 12.5. The molecule has 1 nitrogen and oxygen atoms in total. The lowest BCUT2D eigenvalue weighted by molar-refractivity contribution is 0.0883. The highest BCUT2D eigenvalue weighted by molar-refractivity contribution is 5.17. The fourth-order valence-electron chi connectivity index (χ4n) is 0.915. The Bertz CT molecular complexity index is 208. The van der Waals surface area contributed by atoms with Gasteiger partial charge in [0.15, 0.2) is 0 Å². The third kappa shape index (κ3) is 2.02. The zero-order chi connectivity index (χ0) is 8.27. The van der Waals surface area contributed by atoms with Crippen molar-refractivity contribution in [1.29, 1.82) is 0 Å². The van der Waals surface area contributed by atoms with Crippen LogP contribution in [0, 0.1) is 0 Å². The first-order valence-corrected chi connectivity index (χ1v) is 3.59. The van der Waals surface area contributed by atoms with Gasteiger partial charge in [0.1, 0.15) is 12.3 Å². The highest BCUT2D eigenvalue weighted by Crippen LogP contribution is 2.17. The molecule has 1 N–H and O–H groups in total. The van der Waals surface area contributed by atoms with Crippen LogP contribution in [0.4, 0.5) is 4.39 Å². The van der Waals surface area contributed by atoms with E-state index in [1.165, 1.54) is 6.92 Å². The van der Waals surface area contributed by atoms with Crippen molar-refractivity contribution in [2.75, 3.05) is 0 Å². The van der Waals surface area contributed by atoms with Crippen LogP contribution < -0.4 is 0 Å². The van der Waals surface area contributed by atoms with E-state index in [-0.39, 0.29) is 0 Å². The van der Waals surface area contributed by atoms with Crippen LogP contribution in [0.3, 0.4) is 0 Å². The largest absolute Gasteiger partial charge is 0.385 e. The van der Waals surface area contributed by atoms with Gasteiger partial charge in [0.2, 0.25) is 0 Å². The minimum atomic E-state index is -1.21. The van der Waals surface area contributed by atoms with Gasteiger partial charge in [-0.1, -0.05) is 30.3 Å². The predicted molar refractivity (Wildman–Crippen MR) is 42.0 cm³/mol. The lowest BCUT2D eigenvalue weighted by atomic mass is 10.1. The normalized spacial score (nSPS) is 15.9. The Balaban J connectivity index is 2.77. The lowest BCUT2D eigenvalue weighted by Crippen LogP contribution is -2.08. The van der Waals surface area contributed by atoms with Crippen molar-refractivity contribution in [3.63, 3.8) is 0 Å². The Morgan fingerprint density at radius 3 is 2.27 bits per heavy atom. The standard InChI is InChI=1S/C9H11FO/c1-7(10)9(11)8-5-3-2-4-6-8/h2-7,9,11H,1H3. The molecule has 0 aliphatic heterocycles. The number of rotatable bonds is 2. The summed E-state index contributed by atoms with van der Waals surface area (Å²) in [6.45, 7) is 1.34. The first-order valence-electron chi connectivity index (χ1n) is 3.59. The first kappa shape index (κ1) is 8.21. The van der Waals surface area contributed by atoms with Crippen molar-refractivity contribution in [3.8, 4) is 0 Å². The third-order valence-electron chi connectivity index (χ3n) is 1.58. The van der Waals surface area contributed by atoms with Crippen LogP contribution in [0.25, 0.3) is 0 Å². The summed E-state index contributed by atoms with van der Waals surface area (Å²) in [6, 6.07) is 8.81. The summed E-state index contributed by atoms with van der Waals surface area (Å²) in [5, 5.41) is 9.22. The molecule has 0 saturated carbocycles. The van der Waals surface area contributed by atoms with Crippen molar-refractivity contribution in [1.82, 2.24) is 0 Å². The summed E-state index contributed by atoms with van der Waals surface area (Å²) in [4.78, 5) is 0. The van der Waals surface area contributed by atoms with E-state index in [9.17, 15) is 9.50 Å². The fraction of sp³-hybridized carbons (Fsp3) is 0.333. The zero-order valence-electron chi connectivity index (χ0n) is 6.37. The summed E-state index contributed by atoms with van der Waals surface area (Å²) >= 11 is 0. The molecule has 0 amide bonds. The van der Waals surface area contributed by atoms with Gasteiger partial charge in [-0.25, -0.2) is 4.39 Å². The maximum Gasteiger partial charge on any atom is 0.127 e. The van der Waals surface area contributed by atoms with Gasteiger partial charge >= 0.3 is 0 Å². The SMILES string of the molecule is CC(F)C(O)c1ccccc1. The smallest absolute Gasteiger partial charge is 0.127 e. The van der Waals surface area contributed by atoms with Crippen LogP contribution >= 0.6 is 0 Å². The lowest BCUT2D eigenvalue weighted by Gasteiger charge is -2.10. The Labute approximate surface area is 65.5 Å². The summed E-state index contributed by atoms with van der Waals surface area (Å²) < 4.78 is 12.5. The molecule has 0 saturated heterocycles. The van der Waals surface area contributed by atoms with Gasteiger partial charge in [0.05, 0.1) is 0 Å². The van der Waals surface area contributed by atoms with Gasteiger partial charge < -0.3 is 5.11 Å². The molecule has 0 aromatic heterocycles. The molecule has 0 heterocycles. The molecule has 0 fully saturated rings. The van der Waals surface area contributed by atoms with Gasteiger partial charge in [0, 0.05) is 0 Å². The van der Waals surface area contributed by atoms with Gasteiger partial charge in [-0.3, -0.25) is 0 Å². The number of aliphatic hydroxyl groups is 1. The van der Waals surface area contributed by atoms with E-state index >= 15 is 0 Å². The number of alkyl halides is 1. The highest BCUT2D eigenvalue weighted by Gasteiger charge is 2.13. The topological polar surface area (TPSA) is 20.2 Å². The Hall–Kier alpha value is -0.890. The third-order valence-corrected chi connectivity index (χ3v) is 1.58. The van der Waals surface area contributed by atoms with Crippen LogP contribution in [0.1, 0.15) is 18.6 Å². The second kappa shape index (κ2) is 3.49. The molecule has 1 rings (SSSR count). The molecule has 2 heteroatoms. The molecular formula is C9H11FO. The number of hydrogen-bond donors (Lipinski definition) is 1. The van der Waals surface area contributed by atoms with Gasteiger partial charge in [0.25, 0.3) is 0 Å². The first-order chi connectivity index (χ1) is 5.22. The molecule has 2 atom stereocenters. The van der Waals surface area contributed by atoms with Gasteiger partial charge in [-0.05, 0) is 12.5 Å². The van der Waals surface area contributed by atoms with Crippen LogP contribution in [-0.2, 0) is 0 Å². The molecule has 1 aromatic rings. The number of aliphatic hydroxyl groups excluding tert-OH is 1. The fourth-order valence-corrected chi connectivity index (χ4v) is 0.915. The number of benzene rings is 1. The summed E-state index contributed by atoms with van der Waals surface area (Å²) in [5.74, 6) is 0. The molecule has 11 heavy (non-hydrogen) atoms. The van der Waals surface area contributed by atoms with E-state index in [0.717, 1.165) is 0 Å². The van der Waals surface area contributed by atoms with Crippen molar-refractivity contribution in [2.24, 2.45) is 0 Å². The van der Waals surface area contributed by atoms with Gasteiger partial charge in [-0.2, -0.15) is 0 Å². The average Bonchev–Trinajstić information content (AvgIpc) is 2.05. The van der Waals surface area contributed by atoms with E-state index < -0.39 is 12.3 Å². The second-order valence-electron chi connectivity index (χ2n) is 2.53. The predicted octanol–water partition coefficient (Wildman–Crippen LogP) is 2.08. The zero-order valence-corrected chi connectivity index (χ0v) is 6.37. The average molecular weight is 154 g/mol. The van der Waals surface area contributed by atoms with Crippen molar-refractivity contribution in [3.05, 3.63) is 35.9 Å². The molecule has 60 valence electrons. The maximum absolute atomic E-state index is 12.5. The molecule has 1 aromatic carbocycles. The quantitative estimate of drug-likeness (QED) is 0.691. The van der Waals surface area contributed by atoms with E-state index in [2.05, 4.69) is 0 Å². The summed E-state index contributed by atoms with van der Waals surface area (Å²) in [7, 11) is 0. The number of hydrogen-bond acceptors (Lipinski definition) is 1. The van der Waals surface area contributed by atoms with E-state index in [4.69, 9.17) is 0 Å². The van der Waals surface area contributed by atoms with Crippen LogP contribution in [0.2, 0.25) is 0 Å². The second-order valence-corrected chi connectivity index (χ2v) is 2.53. The Morgan fingerprint density at radius 2 is 1.82 bits per heavy atom. The minimum absolute atomic E-state index is 0.627. The van der Waals surface area contributed by atoms with E-state index in [1.807, 2.05) is 6.07 Å². The van der Waals surface area contributed by atoms with E-state index in [0.29, 0.717) is 5.56 Å². The minimum Gasteiger partial charge on any atom is -0.385 e. The van der Waals surface area contributed by atoms with Crippen molar-refractivity contribution in [2.45, 2.75) is 19.2 Å². The molecule has 0 aliphatic carbocycles. The Kier molecular flexibility index (Phi) is 2.60. The highest BCUT2D eigenvalue weighted by atomic mass is 19.1. The Morgan fingerprint density at radius 1 is 1.27 bits per heavy atom. The monoisotopic (exact) mass is 154 g/mol. The molecule has 2 unspecified atom stereocenters. The molecule has 0 radical (unpaired) electrons. The summed E-state index contributed by atoms with van der Waals surface area (Å²) in [6.07, 6.45) is -2.20. The molecular weight excluding hydrogens is 143 g/mol.